The van der Waals surface area contributed by atoms with Gasteiger partial charge in [-0.15, -0.1) is 0 Å². The lowest BCUT2D eigenvalue weighted by atomic mass is 10.1. The van der Waals surface area contributed by atoms with Crippen LogP contribution in [0, 0.1) is 6.92 Å². The fraction of sp³-hybridized carbons (Fsp3) is 0.235. The molecule has 0 radical (unpaired) electrons. The zero-order valence-corrected chi connectivity index (χ0v) is 13.1. The van der Waals surface area contributed by atoms with Crippen molar-refractivity contribution in [3.05, 3.63) is 59.8 Å². The molecule has 6 nitrogen and oxygen atoms in total. The Labute approximate surface area is 134 Å². The van der Waals surface area contributed by atoms with Crippen LogP contribution in [0.1, 0.15) is 41.3 Å². The predicted octanol–water partition coefficient (Wildman–Crippen LogP) is 2.99. The Morgan fingerprint density at radius 2 is 2.04 bits per heavy atom. The minimum absolute atomic E-state index is 0.158. The third-order valence-corrected chi connectivity index (χ3v) is 3.71. The lowest BCUT2D eigenvalue weighted by Gasteiger charge is -2.14. The van der Waals surface area contributed by atoms with Crippen molar-refractivity contribution in [2.75, 3.05) is 0 Å². The zero-order chi connectivity index (χ0) is 16.2. The van der Waals surface area contributed by atoms with E-state index in [1.165, 1.54) is 0 Å². The standard InChI is InChI=1S/C17H19N5O/c1-3-14(16-18-9-11(2)20-16)21-17(23)13-10-19-22-15(13)12-7-5-4-6-8-12/h4-10,14H,3H2,1-2H3,(H,18,20)(H,19,22)(H,21,23)/t14-/m1/s1. The monoisotopic (exact) mass is 309 g/mol. The summed E-state index contributed by atoms with van der Waals surface area (Å²) in [5.74, 6) is 0.599. The number of nitrogens with zero attached hydrogens (tertiary/aromatic N) is 2. The van der Waals surface area contributed by atoms with Crippen molar-refractivity contribution < 1.29 is 4.79 Å². The maximum atomic E-state index is 12.6. The maximum Gasteiger partial charge on any atom is 0.255 e. The molecule has 1 aromatic carbocycles. The van der Waals surface area contributed by atoms with Crippen molar-refractivity contribution in [3.8, 4) is 11.3 Å². The van der Waals surface area contributed by atoms with Crippen molar-refractivity contribution in [2.45, 2.75) is 26.3 Å². The summed E-state index contributed by atoms with van der Waals surface area (Å²) in [5, 5.41) is 9.94. The number of carbonyl (C=O) groups excluding carboxylic acids is 1. The summed E-state index contributed by atoms with van der Waals surface area (Å²) in [6.07, 6.45) is 4.06. The van der Waals surface area contributed by atoms with E-state index in [9.17, 15) is 4.79 Å². The SMILES string of the molecule is CC[C@@H](NC(=O)c1cn[nH]c1-c1ccccc1)c1ncc(C)[nH]1. The number of aromatic nitrogens is 4. The number of H-pyrrole nitrogens is 2. The molecular weight excluding hydrogens is 290 g/mol. The highest BCUT2D eigenvalue weighted by atomic mass is 16.1. The molecule has 3 N–H and O–H groups in total. The van der Waals surface area contributed by atoms with Crippen molar-refractivity contribution >= 4 is 5.91 Å². The van der Waals surface area contributed by atoms with Gasteiger partial charge < -0.3 is 10.3 Å². The topological polar surface area (TPSA) is 86.5 Å². The van der Waals surface area contributed by atoms with Crippen LogP contribution >= 0.6 is 0 Å². The minimum Gasteiger partial charge on any atom is -0.344 e. The van der Waals surface area contributed by atoms with Gasteiger partial charge in [0.05, 0.1) is 23.5 Å². The van der Waals surface area contributed by atoms with Gasteiger partial charge in [0.15, 0.2) is 0 Å². The molecule has 0 saturated heterocycles. The summed E-state index contributed by atoms with van der Waals surface area (Å²) in [6.45, 7) is 3.95. The van der Waals surface area contributed by atoms with Crippen LogP contribution in [0.2, 0.25) is 0 Å². The summed E-state index contributed by atoms with van der Waals surface area (Å²) < 4.78 is 0. The van der Waals surface area contributed by atoms with E-state index in [1.54, 1.807) is 12.4 Å². The Hall–Kier alpha value is -2.89. The molecule has 0 fully saturated rings. The number of amides is 1. The average Bonchev–Trinajstić information content (AvgIpc) is 3.22. The first-order valence-corrected chi connectivity index (χ1v) is 7.60. The number of nitrogens with one attached hydrogen (secondary N) is 3. The molecule has 0 saturated carbocycles. The highest BCUT2D eigenvalue weighted by molar-refractivity contribution is 5.99. The number of rotatable bonds is 5. The Bertz CT molecular complexity index is 790. The molecule has 3 aromatic rings. The van der Waals surface area contributed by atoms with Gasteiger partial charge in [0, 0.05) is 17.5 Å². The van der Waals surface area contributed by atoms with Crippen LogP contribution in [-0.4, -0.2) is 26.1 Å². The first-order chi connectivity index (χ1) is 11.2. The molecule has 1 amide bonds. The highest BCUT2D eigenvalue weighted by Crippen LogP contribution is 2.22. The van der Waals surface area contributed by atoms with Crippen LogP contribution in [0.25, 0.3) is 11.3 Å². The molecule has 0 unspecified atom stereocenters. The van der Waals surface area contributed by atoms with Crippen LogP contribution in [0.5, 0.6) is 0 Å². The first kappa shape index (κ1) is 15.0. The van der Waals surface area contributed by atoms with E-state index >= 15 is 0 Å². The van der Waals surface area contributed by atoms with E-state index in [0.29, 0.717) is 11.3 Å². The van der Waals surface area contributed by atoms with Crippen molar-refractivity contribution in [3.63, 3.8) is 0 Å². The summed E-state index contributed by atoms with van der Waals surface area (Å²) in [7, 11) is 0. The van der Waals surface area contributed by atoms with Crippen LogP contribution in [0.4, 0.5) is 0 Å². The number of imidazole rings is 1. The lowest BCUT2D eigenvalue weighted by Crippen LogP contribution is -2.29. The normalized spacial score (nSPS) is 12.1. The molecular formula is C17H19N5O. The van der Waals surface area contributed by atoms with Crippen molar-refractivity contribution in [2.24, 2.45) is 0 Å². The molecule has 2 aromatic heterocycles. The number of hydrogen-bond donors (Lipinski definition) is 3. The molecule has 0 aliphatic heterocycles. The molecule has 0 aliphatic rings. The van der Waals surface area contributed by atoms with E-state index in [0.717, 1.165) is 23.5 Å². The van der Waals surface area contributed by atoms with E-state index in [1.807, 2.05) is 44.2 Å². The Balaban J connectivity index is 1.83. The van der Waals surface area contributed by atoms with Gasteiger partial charge in [-0.2, -0.15) is 5.10 Å². The molecule has 118 valence electrons. The van der Waals surface area contributed by atoms with Gasteiger partial charge in [-0.1, -0.05) is 37.3 Å². The van der Waals surface area contributed by atoms with Crippen LogP contribution in [0.15, 0.2) is 42.7 Å². The maximum absolute atomic E-state index is 12.6. The number of benzene rings is 1. The summed E-state index contributed by atoms with van der Waals surface area (Å²) in [5.41, 5.74) is 3.14. The van der Waals surface area contributed by atoms with E-state index in [4.69, 9.17) is 0 Å². The van der Waals surface area contributed by atoms with E-state index < -0.39 is 0 Å². The van der Waals surface area contributed by atoms with Crippen molar-refractivity contribution in [1.82, 2.24) is 25.5 Å². The molecule has 6 heteroatoms. The predicted molar refractivity (Wildman–Crippen MR) is 87.8 cm³/mol. The van der Waals surface area contributed by atoms with Crippen LogP contribution < -0.4 is 5.32 Å². The highest BCUT2D eigenvalue weighted by Gasteiger charge is 2.20. The number of aromatic amines is 2. The number of carbonyl (C=O) groups is 1. The number of aryl methyl sites for hydroxylation is 1. The second-order valence-electron chi connectivity index (χ2n) is 5.41. The Kier molecular flexibility index (Phi) is 4.23. The zero-order valence-electron chi connectivity index (χ0n) is 13.1. The van der Waals surface area contributed by atoms with Gasteiger partial charge in [0.2, 0.25) is 0 Å². The molecule has 0 aliphatic carbocycles. The fourth-order valence-corrected chi connectivity index (χ4v) is 2.49. The summed E-state index contributed by atoms with van der Waals surface area (Å²) in [6, 6.07) is 9.52. The lowest BCUT2D eigenvalue weighted by molar-refractivity contribution is 0.0934. The van der Waals surface area contributed by atoms with Gasteiger partial charge in [-0.25, -0.2) is 4.98 Å². The number of hydrogen-bond acceptors (Lipinski definition) is 3. The minimum atomic E-state index is -0.168. The van der Waals surface area contributed by atoms with Crippen LogP contribution in [0.3, 0.4) is 0 Å². The molecule has 0 bridgehead atoms. The Morgan fingerprint density at radius 1 is 1.26 bits per heavy atom. The molecule has 1 atom stereocenters. The largest absolute Gasteiger partial charge is 0.344 e. The van der Waals surface area contributed by atoms with Gasteiger partial charge in [-0.3, -0.25) is 9.89 Å². The second kappa shape index (κ2) is 6.48. The van der Waals surface area contributed by atoms with Crippen molar-refractivity contribution in [1.29, 1.82) is 0 Å². The Morgan fingerprint density at radius 3 is 2.70 bits per heavy atom. The molecule has 2 heterocycles. The van der Waals surface area contributed by atoms with E-state index in [2.05, 4.69) is 25.5 Å². The van der Waals surface area contributed by atoms with Crippen LogP contribution in [-0.2, 0) is 0 Å². The summed E-state index contributed by atoms with van der Waals surface area (Å²) >= 11 is 0. The second-order valence-corrected chi connectivity index (χ2v) is 5.41. The van der Waals surface area contributed by atoms with Gasteiger partial charge in [0.25, 0.3) is 5.91 Å². The molecule has 0 spiro atoms. The summed E-state index contributed by atoms with van der Waals surface area (Å²) in [4.78, 5) is 20.1. The fourth-order valence-electron chi connectivity index (χ4n) is 2.49. The van der Waals surface area contributed by atoms with Gasteiger partial charge >= 0.3 is 0 Å². The molecule has 3 rings (SSSR count). The molecule has 23 heavy (non-hydrogen) atoms. The first-order valence-electron chi connectivity index (χ1n) is 7.60. The van der Waals surface area contributed by atoms with E-state index in [-0.39, 0.29) is 11.9 Å². The van der Waals surface area contributed by atoms with Gasteiger partial charge in [0.1, 0.15) is 5.82 Å². The average molecular weight is 309 g/mol. The third kappa shape index (κ3) is 3.15. The van der Waals surface area contributed by atoms with Gasteiger partial charge in [-0.05, 0) is 13.3 Å². The third-order valence-electron chi connectivity index (χ3n) is 3.71. The smallest absolute Gasteiger partial charge is 0.255 e. The quantitative estimate of drug-likeness (QED) is 0.677.